The van der Waals surface area contributed by atoms with Crippen LogP contribution >= 0.6 is 0 Å². The second kappa shape index (κ2) is 1.93. The molecule has 11 heavy (non-hydrogen) atoms. The highest BCUT2D eigenvalue weighted by molar-refractivity contribution is 5.05. The molecule has 1 fully saturated rings. The summed E-state index contributed by atoms with van der Waals surface area (Å²) in [5.74, 6) is -0.359. The van der Waals surface area contributed by atoms with E-state index < -0.39 is 0 Å². The van der Waals surface area contributed by atoms with E-state index in [1.807, 2.05) is 6.92 Å². The van der Waals surface area contributed by atoms with Crippen molar-refractivity contribution in [2.75, 3.05) is 0 Å². The minimum Gasteiger partial charge on any atom is -0.456 e. The molecule has 0 aromatic carbocycles. The Labute approximate surface area is 67.2 Å². The van der Waals surface area contributed by atoms with Crippen LogP contribution in [0.1, 0.15) is 33.1 Å². The maximum absolute atomic E-state index is 5.46. The van der Waals surface area contributed by atoms with E-state index in [0.717, 1.165) is 6.42 Å². The zero-order valence-corrected chi connectivity index (χ0v) is 7.09. The van der Waals surface area contributed by atoms with Crippen molar-refractivity contribution in [2.24, 2.45) is 5.41 Å². The quantitative estimate of drug-likeness (QED) is 0.608. The van der Waals surface area contributed by atoms with Crippen molar-refractivity contribution in [3.8, 4) is 0 Å². The zero-order chi connectivity index (χ0) is 7.95. The molecule has 0 saturated heterocycles. The second-order valence-corrected chi connectivity index (χ2v) is 3.59. The molecular formula is C9H14O2. The van der Waals surface area contributed by atoms with Crippen molar-refractivity contribution < 1.29 is 9.47 Å². The molecule has 1 saturated carbocycles. The molecule has 0 atom stereocenters. The normalized spacial score (nSPS) is 29.3. The lowest BCUT2D eigenvalue weighted by molar-refractivity contribution is -0.179. The fourth-order valence-electron chi connectivity index (χ4n) is 1.87. The Morgan fingerprint density at radius 3 is 2.18 bits per heavy atom. The zero-order valence-electron chi connectivity index (χ0n) is 7.09. The standard InChI is InChI=1S/C9H14O2/c1-3-9(4-5-9)8(2)10-6-7-11-8/h6-7H,3-5H2,1-2H3. The van der Waals surface area contributed by atoms with Gasteiger partial charge >= 0.3 is 0 Å². The summed E-state index contributed by atoms with van der Waals surface area (Å²) in [6, 6.07) is 0. The highest BCUT2D eigenvalue weighted by Gasteiger charge is 2.60. The van der Waals surface area contributed by atoms with Gasteiger partial charge in [-0.2, -0.15) is 0 Å². The Morgan fingerprint density at radius 1 is 1.27 bits per heavy atom. The van der Waals surface area contributed by atoms with Crippen molar-refractivity contribution in [3.63, 3.8) is 0 Å². The van der Waals surface area contributed by atoms with Crippen LogP contribution in [0.3, 0.4) is 0 Å². The molecule has 2 rings (SSSR count). The van der Waals surface area contributed by atoms with Crippen LogP contribution < -0.4 is 0 Å². The van der Waals surface area contributed by atoms with E-state index in [0.29, 0.717) is 5.41 Å². The lowest BCUT2D eigenvalue weighted by Gasteiger charge is -2.31. The molecule has 0 bridgehead atoms. The summed E-state index contributed by atoms with van der Waals surface area (Å²) in [6.45, 7) is 4.23. The van der Waals surface area contributed by atoms with Crippen LogP contribution in [0.25, 0.3) is 0 Å². The molecule has 1 aliphatic heterocycles. The van der Waals surface area contributed by atoms with E-state index in [1.54, 1.807) is 12.5 Å². The largest absolute Gasteiger partial charge is 0.456 e. The van der Waals surface area contributed by atoms with Gasteiger partial charge in [-0.25, -0.2) is 0 Å². The van der Waals surface area contributed by atoms with Gasteiger partial charge in [0.1, 0.15) is 12.5 Å². The average Bonchev–Trinajstić information content (AvgIpc) is 2.71. The Bertz CT molecular complexity index is 184. The third-order valence-corrected chi connectivity index (χ3v) is 3.14. The second-order valence-electron chi connectivity index (χ2n) is 3.59. The summed E-state index contributed by atoms with van der Waals surface area (Å²) in [7, 11) is 0. The number of ether oxygens (including phenoxy) is 2. The van der Waals surface area contributed by atoms with Gasteiger partial charge in [0.05, 0.1) is 0 Å². The lowest BCUT2D eigenvalue weighted by Crippen LogP contribution is -2.36. The van der Waals surface area contributed by atoms with E-state index in [1.165, 1.54) is 12.8 Å². The third-order valence-electron chi connectivity index (χ3n) is 3.14. The number of hydrogen-bond donors (Lipinski definition) is 0. The Morgan fingerprint density at radius 2 is 1.82 bits per heavy atom. The smallest absolute Gasteiger partial charge is 0.252 e. The van der Waals surface area contributed by atoms with Crippen molar-refractivity contribution in [2.45, 2.75) is 38.9 Å². The Balaban J connectivity index is 2.14. The summed E-state index contributed by atoms with van der Waals surface area (Å²) < 4.78 is 10.9. The summed E-state index contributed by atoms with van der Waals surface area (Å²) in [4.78, 5) is 0. The summed E-state index contributed by atoms with van der Waals surface area (Å²) in [5, 5.41) is 0. The molecule has 2 nitrogen and oxygen atoms in total. The first-order valence-corrected chi connectivity index (χ1v) is 4.23. The molecule has 2 heteroatoms. The van der Waals surface area contributed by atoms with Crippen molar-refractivity contribution in [3.05, 3.63) is 12.5 Å². The third kappa shape index (κ3) is 0.784. The van der Waals surface area contributed by atoms with E-state index in [2.05, 4.69) is 6.92 Å². The number of rotatable bonds is 2. The minimum atomic E-state index is -0.359. The van der Waals surface area contributed by atoms with E-state index in [9.17, 15) is 0 Å². The molecule has 1 aliphatic carbocycles. The predicted octanol–water partition coefficient (Wildman–Crippen LogP) is 2.41. The van der Waals surface area contributed by atoms with E-state index in [-0.39, 0.29) is 5.79 Å². The highest BCUT2D eigenvalue weighted by atomic mass is 16.7. The molecule has 0 amide bonds. The fraction of sp³-hybridized carbons (Fsp3) is 0.778. The van der Waals surface area contributed by atoms with Crippen molar-refractivity contribution in [1.82, 2.24) is 0 Å². The average molecular weight is 154 g/mol. The van der Waals surface area contributed by atoms with E-state index >= 15 is 0 Å². The lowest BCUT2D eigenvalue weighted by atomic mass is 9.93. The SMILES string of the molecule is CCC1(C2(C)OC=CO2)CC1. The maximum Gasteiger partial charge on any atom is 0.252 e. The molecule has 0 N–H and O–H groups in total. The van der Waals surface area contributed by atoms with Gasteiger partial charge in [-0.15, -0.1) is 0 Å². The van der Waals surface area contributed by atoms with Crippen molar-refractivity contribution >= 4 is 0 Å². The van der Waals surface area contributed by atoms with Gasteiger partial charge < -0.3 is 9.47 Å². The maximum atomic E-state index is 5.46. The molecule has 2 aliphatic rings. The Kier molecular flexibility index (Phi) is 1.23. The minimum absolute atomic E-state index is 0.302. The van der Waals surface area contributed by atoms with Gasteiger partial charge in [0.2, 0.25) is 0 Å². The van der Waals surface area contributed by atoms with Crippen LogP contribution in [0.2, 0.25) is 0 Å². The molecule has 0 spiro atoms. The summed E-state index contributed by atoms with van der Waals surface area (Å²) >= 11 is 0. The van der Waals surface area contributed by atoms with Crippen molar-refractivity contribution in [1.29, 1.82) is 0 Å². The molecule has 0 aromatic rings. The molecule has 1 heterocycles. The van der Waals surface area contributed by atoms with E-state index in [4.69, 9.17) is 9.47 Å². The molecule has 0 aromatic heterocycles. The van der Waals surface area contributed by atoms with Crippen LogP contribution in [0.4, 0.5) is 0 Å². The first-order chi connectivity index (χ1) is 5.22. The first-order valence-electron chi connectivity index (χ1n) is 4.23. The molecule has 0 radical (unpaired) electrons. The van der Waals surface area contributed by atoms with Gasteiger partial charge in [0.15, 0.2) is 0 Å². The van der Waals surface area contributed by atoms with Gasteiger partial charge in [0, 0.05) is 12.3 Å². The van der Waals surface area contributed by atoms with Gasteiger partial charge in [-0.05, 0) is 19.3 Å². The molecular weight excluding hydrogens is 140 g/mol. The van der Waals surface area contributed by atoms with Crippen LogP contribution in [0.5, 0.6) is 0 Å². The van der Waals surface area contributed by atoms with Gasteiger partial charge in [-0.3, -0.25) is 0 Å². The topological polar surface area (TPSA) is 18.5 Å². The van der Waals surface area contributed by atoms with Gasteiger partial charge in [-0.1, -0.05) is 6.92 Å². The first kappa shape index (κ1) is 7.01. The van der Waals surface area contributed by atoms with Crippen LogP contribution in [-0.2, 0) is 9.47 Å². The number of hydrogen-bond acceptors (Lipinski definition) is 2. The van der Waals surface area contributed by atoms with Gasteiger partial charge in [0.25, 0.3) is 5.79 Å². The monoisotopic (exact) mass is 154 g/mol. The Hall–Kier alpha value is -0.660. The summed E-state index contributed by atoms with van der Waals surface area (Å²) in [5.41, 5.74) is 0.302. The predicted molar refractivity (Wildman–Crippen MR) is 41.7 cm³/mol. The fourth-order valence-corrected chi connectivity index (χ4v) is 1.87. The highest BCUT2D eigenvalue weighted by Crippen LogP contribution is 2.59. The van der Waals surface area contributed by atoms with Crippen LogP contribution in [0, 0.1) is 5.41 Å². The van der Waals surface area contributed by atoms with Crippen LogP contribution in [-0.4, -0.2) is 5.79 Å². The summed E-state index contributed by atoms with van der Waals surface area (Å²) in [6.07, 6.45) is 6.92. The molecule has 62 valence electrons. The molecule has 0 unspecified atom stereocenters. The van der Waals surface area contributed by atoms with Crippen LogP contribution in [0.15, 0.2) is 12.5 Å².